The van der Waals surface area contributed by atoms with Crippen molar-refractivity contribution in [2.75, 3.05) is 0 Å². The topological polar surface area (TPSA) is 0 Å². The highest BCUT2D eigenvalue weighted by molar-refractivity contribution is 14.1. The van der Waals surface area contributed by atoms with Crippen LogP contribution >= 0.6 is 45.2 Å². The number of hydrogen-bond donors (Lipinski definition) is 0. The first-order chi connectivity index (χ1) is 7.77. The molecule has 2 heteroatoms. The van der Waals surface area contributed by atoms with Crippen molar-refractivity contribution in [3.8, 4) is 0 Å². The second-order valence-electron chi connectivity index (χ2n) is 3.75. The highest BCUT2D eigenvalue weighted by atomic mass is 127. The van der Waals surface area contributed by atoms with Crippen molar-refractivity contribution < 1.29 is 0 Å². The van der Waals surface area contributed by atoms with E-state index in [1.54, 1.807) is 0 Å². The monoisotopic (exact) mass is 430 g/mol. The van der Waals surface area contributed by atoms with E-state index in [0.717, 1.165) is 0 Å². The molecule has 78 valence electrons. The van der Waals surface area contributed by atoms with Crippen LogP contribution in [0.3, 0.4) is 0 Å². The summed E-state index contributed by atoms with van der Waals surface area (Å²) >= 11 is 4.85. The van der Waals surface area contributed by atoms with E-state index < -0.39 is 0 Å². The molecule has 0 aliphatic carbocycles. The Kier molecular flexibility index (Phi) is 2.79. The predicted molar refractivity (Wildman–Crippen MR) is 86.9 cm³/mol. The SMILES string of the molecule is Ic1cccc2c(I)c3ccccc3cc12. The Morgan fingerprint density at radius 3 is 2.31 bits per heavy atom. The third-order valence-electron chi connectivity index (χ3n) is 2.79. The molecule has 0 spiro atoms. The lowest BCUT2D eigenvalue weighted by Gasteiger charge is -2.07. The zero-order chi connectivity index (χ0) is 11.1. The van der Waals surface area contributed by atoms with Crippen molar-refractivity contribution in [2.45, 2.75) is 0 Å². The van der Waals surface area contributed by atoms with Crippen molar-refractivity contribution in [2.24, 2.45) is 0 Å². The third kappa shape index (κ3) is 1.62. The maximum atomic E-state index is 2.45. The molecule has 0 saturated heterocycles. The summed E-state index contributed by atoms with van der Waals surface area (Å²) in [7, 11) is 0. The Balaban J connectivity index is 2.61. The van der Waals surface area contributed by atoms with Crippen LogP contribution in [0.2, 0.25) is 0 Å². The van der Waals surface area contributed by atoms with Crippen LogP contribution in [0.4, 0.5) is 0 Å². The molecule has 0 aliphatic heterocycles. The quantitative estimate of drug-likeness (QED) is 0.340. The van der Waals surface area contributed by atoms with Crippen molar-refractivity contribution >= 4 is 66.7 Å². The number of rotatable bonds is 0. The lowest BCUT2D eigenvalue weighted by atomic mass is 10.0. The second kappa shape index (κ2) is 4.14. The van der Waals surface area contributed by atoms with Crippen LogP contribution in [-0.2, 0) is 0 Å². The lowest BCUT2D eigenvalue weighted by molar-refractivity contribution is 1.70. The van der Waals surface area contributed by atoms with Crippen LogP contribution in [0.1, 0.15) is 0 Å². The summed E-state index contributed by atoms with van der Waals surface area (Å²) in [5.74, 6) is 0. The molecular weight excluding hydrogens is 422 g/mol. The summed E-state index contributed by atoms with van der Waals surface area (Å²) in [6, 6.07) is 17.3. The van der Waals surface area contributed by atoms with Crippen LogP contribution in [0.25, 0.3) is 21.5 Å². The molecule has 0 aromatic heterocycles. The minimum atomic E-state index is 1.32. The van der Waals surface area contributed by atoms with Gasteiger partial charge in [-0.3, -0.25) is 0 Å². The maximum absolute atomic E-state index is 2.45. The fraction of sp³-hybridized carbons (Fsp3) is 0. The van der Waals surface area contributed by atoms with E-state index in [2.05, 4.69) is 93.7 Å². The van der Waals surface area contributed by atoms with Gasteiger partial charge in [-0.25, -0.2) is 0 Å². The standard InChI is InChI=1S/C14H8I2/c15-13-7-3-6-11-12(13)8-9-4-1-2-5-10(9)14(11)16/h1-8H. The van der Waals surface area contributed by atoms with E-state index in [1.807, 2.05) is 0 Å². The summed E-state index contributed by atoms with van der Waals surface area (Å²) in [4.78, 5) is 0. The van der Waals surface area contributed by atoms with Gasteiger partial charge in [0.25, 0.3) is 0 Å². The fourth-order valence-electron chi connectivity index (χ4n) is 2.00. The van der Waals surface area contributed by atoms with E-state index in [0.29, 0.717) is 0 Å². The summed E-state index contributed by atoms with van der Waals surface area (Å²) in [6.45, 7) is 0. The van der Waals surface area contributed by atoms with Crippen LogP contribution in [0.15, 0.2) is 48.5 Å². The van der Waals surface area contributed by atoms with Gasteiger partial charge in [0, 0.05) is 7.14 Å². The molecule has 0 saturated carbocycles. The molecule has 0 heterocycles. The first kappa shape index (κ1) is 10.8. The van der Waals surface area contributed by atoms with E-state index in [4.69, 9.17) is 0 Å². The van der Waals surface area contributed by atoms with Crippen molar-refractivity contribution in [3.63, 3.8) is 0 Å². The van der Waals surface area contributed by atoms with Crippen molar-refractivity contribution in [1.29, 1.82) is 0 Å². The Hall–Kier alpha value is -0.360. The minimum absolute atomic E-state index is 1.32. The highest BCUT2D eigenvalue weighted by Crippen LogP contribution is 2.31. The average molecular weight is 430 g/mol. The Bertz CT molecular complexity index is 687. The van der Waals surface area contributed by atoms with E-state index in [9.17, 15) is 0 Å². The highest BCUT2D eigenvalue weighted by Gasteiger charge is 2.06. The van der Waals surface area contributed by atoms with E-state index in [1.165, 1.54) is 28.7 Å². The Morgan fingerprint density at radius 2 is 1.44 bits per heavy atom. The average Bonchev–Trinajstić information content (AvgIpc) is 2.31. The van der Waals surface area contributed by atoms with Gasteiger partial charge in [-0.2, -0.15) is 0 Å². The van der Waals surface area contributed by atoms with Gasteiger partial charge in [0.2, 0.25) is 0 Å². The number of benzene rings is 3. The molecule has 3 aromatic carbocycles. The molecule has 3 rings (SSSR count). The van der Waals surface area contributed by atoms with Gasteiger partial charge < -0.3 is 0 Å². The van der Waals surface area contributed by atoms with Crippen LogP contribution < -0.4 is 0 Å². The minimum Gasteiger partial charge on any atom is -0.0616 e. The first-order valence-corrected chi connectivity index (χ1v) is 7.18. The largest absolute Gasteiger partial charge is 0.0616 e. The number of halogens is 2. The van der Waals surface area contributed by atoms with Gasteiger partial charge >= 0.3 is 0 Å². The normalized spacial score (nSPS) is 11.1. The molecule has 0 atom stereocenters. The van der Waals surface area contributed by atoms with E-state index in [-0.39, 0.29) is 0 Å². The molecule has 16 heavy (non-hydrogen) atoms. The molecule has 0 aliphatic rings. The third-order valence-corrected chi connectivity index (χ3v) is 4.89. The first-order valence-electron chi connectivity index (χ1n) is 5.03. The van der Waals surface area contributed by atoms with E-state index >= 15 is 0 Å². The summed E-state index contributed by atoms with van der Waals surface area (Å²) in [5, 5.41) is 5.37. The maximum Gasteiger partial charge on any atom is 0.0287 e. The van der Waals surface area contributed by atoms with Gasteiger partial charge in [0.1, 0.15) is 0 Å². The smallest absolute Gasteiger partial charge is 0.0287 e. The summed E-state index contributed by atoms with van der Waals surface area (Å²) in [6.07, 6.45) is 0. The van der Waals surface area contributed by atoms with Crippen LogP contribution in [-0.4, -0.2) is 0 Å². The van der Waals surface area contributed by atoms with Crippen molar-refractivity contribution in [3.05, 3.63) is 55.7 Å². The molecule has 0 amide bonds. The fourth-order valence-corrected chi connectivity index (χ4v) is 3.61. The lowest BCUT2D eigenvalue weighted by Crippen LogP contribution is -1.84. The zero-order valence-corrected chi connectivity index (χ0v) is 12.7. The molecule has 0 fully saturated rings. The van der Waals surface area contributed by atoms with Gasteiger partial charge in [-0.05, 0) is 78.9 Å². The molecular formula is C14H8I2. The van der Waals surface area contributed by atoms with Gasteiger partial charge in [0.05, 0.1) is 0 Å². The summed E-state index contributed by atoms with van der Waals surface area (Å²) in [5.41, 5.74) is 0. The van der Waals surface area contributed by atoms with Gasteiger partial charge in [-0.15, -0.1) is 0 Å². The summed E-state index contributed by atoms with van der Waals surface area (Å²) < 4.78 is 2.67. The predicted octanol–water partition coefficient (Wildman–Crippen LogP) is 5.20. The molecule has 0 radical (unpaired) electrons. The van der Waals surface area contributed by atoms with Crippen LogP contribution in [0.5, 0.6) is 0 Å². The van der Waals surface area contributed by atoms with Crippen LogP contribution in [0, 0.1) is 7.14 Å². The number of hydrogen-bond acceptors (Lipinski definition) is 0. The Labute approximate surface area is 121 Å². The molecule has 0 N–H and O–H groups in total. The Morgan fingerprint density at radius 1 is 0.688 bits per heavy atom. The molecule has 3 aromatic rings. The molecule has 0 unspecified atom stereocenters. The molecule has 0 bridgehead atoms. The van der Waals surface area contributed by atoms with Crippen molar-refractivity contribution in [1.82, 2.24) is 0 Å². The zero-order valence-electron chi connectivity index (χ0n) is 8.37. The number of fused-ring (bicyclic) bond motifs is 2. The van der Waals surface area contributed by atoms with Gasteiger partial charge in [-0.1, -0.05) is 36.4 Å². The second-order valence-corrected chi connectivity index (χ2v) is 5.99. The molecule has 0 nitrogen and oxygen atoms in total. The van der Waals surface area contributed by atoms with Gasteiger partial charge in [0.15, 0.2) is 0 Å².